The van der Waals surface area contributed by atoms with E-state index in [1.807, 2.05) is 18.3 Å². The molecule has 0 aromatic carbocycles. The minimum Gasteiger partial charge on any atom is -0.396 e. The second-order valence-electron chi connectivity index (χ2n) is 5.66. The molecule has 0 aliphatic carbocycles. The van der Waals surface area contributed by atoms with E-state index in [1.165, 1.54) is 0 Å². The van der Waals surface area contributed by atoms with Crippen molar-refractivity contribution < 1.29 is 5.11 Å². The molecule has 0 bridgehead atoms. The van der Waals surface area contributed by atoms with Gasteiger partial charge >= 0.3 is 0 Å². The fourth-order valence-electron chi connectivity index (χ4n) is 3.07. The SMILES string of the molecule is CCC[C@@]1(CO)CCCN(c2ccc(CN)cn2)C1. The van der Waals surface area contributed by atoms with Crippen molar-refractivity contribution in [3.63, 3.8) is 0 Å². The van der Waals surface area contributed by atoms with E-state index >= 15 is 0 Å². The summed E-state index contributed by atoms with van der Waals surface area (Å²) >= 11 is 0. The van der Waals surface area contributed by atoms with E-state index in [4.69, 9.17) is 5.73 Å². The first-order valence-corrected chi connectivity index (χ1v) is 7.24. The second kappa shape index (κ2) is 6.35. The lowest BCUT2D eigenvalue weighted by molar-refractivity contribution is 0.0952. The average molecular weight is 263 g/mol. The molecule has 1 fully saturated rings. The summed E-state index contributed by atoms with van der Waals surface area (Å²) in [4.78, 5) is 6.80. The van der Waals surface area contributed by atoms with Crippen molar-refractivity contribution in [3.8, 4) is 0 Å². The fourth-order valence-corrected chi connectivity index (χ4v) is 3.07. The summed E-state index contributed by atoms with van der Waals surface area (Å²) in [6, 6.07) is 4.08. The van der Waals surface area contributed by atoms with Gasteiger partial charge in [-0.3, -0.25) is 0 Å². The van der Waals surface area contributed by atoms with Crippen LogP contribution in [0.5, 0.6) is 0 Å². The number of piperidine rings is 1. The van der Waals surface area contributed by atoms with Crippen LogP contribution in [0.15, 0.2) is 18.3 Å². The highest BCUT2D eigenvalue weighted by Gasteiger charge is 2.34. The number of aliphatic hydroxyl groups excluding tert-OH is 1. The highest BCUT2D eigenvalue weighted by atomic mass is 16.3. The van der Waals surface area contributed by atoms with Gasteiger partial charge in [-0.05, 0) is 30.9 Å². The third-order valence-electron chi connectivity index (χ3n) is 4.15. The van der Waals surface area contributed by atoms with E-state index in [1.54, 1.807) is 0 Å². The molecule has 1 atom stereocenters. The highest BCUT2D eigenvalue weighted by Crippen LogP contribution is 2.35. The van der Waals surface area contributed by atoms with Crippen LogP contribution < -0.4 is 10.6 Å². The van der Waals surface area contributed by atoms with Gasteiger partial charge < -0.3 is 15.7 Å². The van der Waals surface area contributed by atoms with E-state index in [0.717, 1.165) is 50.2 Å². The molecule has 0 saturated carbocycles. The number of aromatic nitrogens is 1. The summed E-state index contributed by atoms with van der Waals surface area (Å²) in [5, 5.41) is 9.76. The Kier molecular flexibility index (Phi) is 4.77. The molecule has 0 radical (unpaired) electrons. The number of pyridine rings is 1. The van der Waals surface area contributed by atoms with Crippen molar-refractivity contribution in [3.05, 3.63) is 23.9 Å². The Balaban J connectivity index is 2.11. The number of aliphatic hydroxyl groups is 1. The van der Waals surface area contributed by atoms with E-state index in [0.29, 0.717) is 6.54 Å². The predicted octanol–water partition coefficient (Wildman–Crippen LogP) is 1.92. The number of nitrogens with zero attached hydrogens (tertiary/aromatic N) is 2. The van der Waals surface area contributed by atoms with Gasteiger partial charge in [-0.25, -0.2) is 4.98 Å². The Morgan fingerprint density at radius 1 is 1.47 bits per heavy atom. The molecule has 0 spiro atoms. The maximum Gasteiger partial charge on any atom is 0.128 e. The van der Waals surface area contributed by atoms with Gasteiger partial charge in [0.2, 0.25) is 0 Å². The molecule has 106 valence electrons. The molecule has 1 aliphatic rings. The maximum absolute atomic E-state index is 9.76. The van der Waals surface area contributed by atoms with Crippen LogP contribution in [0.1, 0.15) is 38.2 Å². The van der Waals surface area contributed by atoms with Crippen LogP contribution in [0.2, 0.25) is 0 Å². The van der Waals surface area contributed by atoms with Gasteiger partial charge in [0, 0.05) is 31.2 Å². The van der Waals surface area contributed by atoms with Crippen LogP contribution in [0, 0.1) is 5.41 Å². The third-order valence-corrected chi connectivity index (χ3v) is 4.15. The van der Waals surface area contributed by atoms with Gasteiger partial charge in [-0.1, -0.05) is 19.4 Å². The molecule has 0 amide bonds. The molecular formula is C15H25N3O. The Bertz CT molecular complexity index is 389. The zero-order valence-electron chi connectivity index (χ0n) is 11.8. The van der Waals surface area contributed by atoms with Gasteiger partial charge in [-0.15, -0.1) is 0 Å². The minimum atomic E-state index is 0.0568. The first kappa shape index (κ1) is 14.3. The quantitative estimate of drug-likeness (QED) is 0.852. The Hall–Kier alpha value is -1.13. The van der Waals surface area contributed by atoms with Crippen molar-refractivity contribution >= 4 is 5.82 Å². The van der Waals surface area contributed by atoms with Crippen molar-refractivity contribution in [2.45, 2.75) is 39.2 Å². The molecule has 1 aromatic rings. The van der Waals surface area contributed by atoms with Gasteiger partial charge in [0.25, 0.3) is 0 Å². The van der Waals surface area contributed by atoms with E-state index in [9.17, 15) is 5.11 Å². The van der Waals surface area contributed by atoms with Crippen LogP contribution in [0.3, 0.4) is 0 Å². The first-order valence-electron chi connectivity index (χ1n) is 7.24. The summed E-state index contributed by atoms with van der Waals surface area (Å²) in [6.45, 7) is 4.93. The second-order valence-corrected chi connectivity index (χ2v) is 5.66. The minimum absolute atomic E-state index is 0.0568. The van der Waals surface area contributed by atoms with Crippen molar-refractivity contribution in [1.29, 1.82) is 0 Å². The summed E-state index contributed by atoms with van der Waals surface area (Å²) in [7, 11) is 0. The first-order chi connectivity index (χ1) is 9.23. The lowest BCUT2D eigenvalue weighted by Gasteiger charge is -2.42. The van der Waals surface area contributed by atoms with Crippen molar-refractivity contribution in [2.24, 2.45) is 11.1 Å². The molecule has 19 heavy (non-hydrogen) atoms. The molecule has 1 aliphatic heterocycles. The van der Waals surface area contributed by atoms with E-state index < -0.39 is 0 Å². The van der Waals surface area contributed by atoms with Crippen LogP contribution in [0.4, 0.5) is 5.82 Å². The van der Waals surface area contributed by atoms with E-state index in [2.05, 4.69) is 16.8 Å². The van der Waals surface area contributed by atoms with Gasteiger partial charge in [-0.2, -0.15) is 0 Å². The lowest BCUT2D eigenvalue weighted by atomic mass is 9.77. The van der Waals surface area contributed by atoms with Crippen molar-refractivity contribution in [1.82, 2.24) is 4.98 Å². The van der Waals surface area contributed by atoms with Crippen molar-refractivity contribution in [2.75, 3.05) is 24.6 Å². The molecule has 4 heteroatoms. The summed E-state index contributed by atoms with van der Waals surface area (Å²) < 4.78 is 0. The number of rotatable bonds is 5. The Morgan fingerprint density at radius 2 is 2.32 bits per heavy atom. The molecule has 1 saturated heterocycles. The molecule has 2 heterocycles. The Morgan fingerprint density at radius 3 is 2.89 bits per heavy atom. The third kappa shape index (κ3) is 3.25. The Labute approximate surface area is 115 Å². The number of hydrogen-bond donors (Lipinski definition) is 2. The number of hydrogen-bond acceptors (Lipinski definition) is 4. The monoisotopic (exact) mass is 263 g/mol. The summed E-state index contributed by atoms with van der Waals surface area (Å²) in [5.74, 6) is 1.01. The molecule has 3 N–H and O–H groups in total. The zero-order valence-corrected chi connectivity index (χ0v) is 11.8. The number of nitrogens with two attached hydrogens (primary N) is 1. The number of anilines is 1. The van der Waals surface area contributed by atoms with Crippen LogP contribution >= 0.6 is 0 Å². The summed E-state index contributed by atoms with van der Waals surface area (Å²) in [6.07, 6.45) is 6.30. The topological polar surface area (TPSA) is 62.4 Å². The normalized spacial score (nSPS) is 23.6. The van der Waals surface area contributed by atoms with Crippen LogP contribution in [-0.2, 0) is 6.54 Å². The van der Waals surface area contributed by atoms with Crippen LogP contribution in [0.25, 0.3) is 0 Å². The smallest absolute Gasteiger partial charge is 0.128 e. The standard InChI is InChI=1S/C15H25N3O/c1-2-6-15(12-19)7-3-8-18(11-15)14-5-4-13(9-16)10-17-14/h4-5,10,19H,2-3,6-9,11-12,16H2,1H3/t15-/m1/s1. The fraction of sp³-hybridized carbons (Fsp3) is 0.667. The molecule has 1 aromatic heterocycles. The summed E-state index contributed by atoms with van der Waals surface area (Å²) in [5.41, 5.74) is 6.71. The predicted molar refractivity (Wildman–Crippen MR) is 78.0 cm³/mol. The van der Waals surface area contributed by atoms with E-state index in [-0.39, 0.29) is 12.0 Å². The average Bonchev–Trinajstić information content (AvgIpc) is 2.48. The zero-order chi connectivity index (χ0) is 13.7. The van der Waals surface area contributed by atoms with Gasteiger partial charge in [0.15, 0.2) is 0 Å². The molecule has 0 unspecified atom stereocenters. The lowest BCUT2D eigenvalue weighted by Crippen LogP contribution is -2.45. The molecule has 4 nitrogen and oxygen atoms in total. The van der Waals surface area contributed by atoms with Crippen LogP contribution in [-0.4, -0.2) is 29.8 Å². The van der Waals surface area contributed by atoms with Gasteiger partial charge in [0.05, 0.1) is 6.61 Å². The maximum atomic E-state index is 9.76. The largest absolute Gasteiger partial charge is 0.396 e. The van der Waals surface area contributed by atoms with Gasteiger partial charge in [0.1, 0.15) is 5.82 Å². The highest BCUT2D eigenvalue weighted by molar-refractivity contribution is 5.40. The molecular weight excluding hydrogens is 238 g/mol. The molecule has 2 rings (SSSR count).